The summed E-state index contributed by atoms with van der Waals surface area (Å²) in [4.78, 5) is 17.3. The van der Waals surface area contributed by atoms with Gasteiger partial charge in [-0.05, 0) is 92.3 Å². The number of carbonyl (C=O) groups excluding carboxylic acids is 1. The van der Waals surface area contributed by atoms with Gasteiger partial charge < -0.3 is 14.9 Å². The molecule has 6 heteroatoms. The number of likely N-dealkylation sites (N-methyl/N-ethyl adjacent to an activating group) is 1. The van der Waals surface area contributed by atoms with Gasteiger partial charge in [0.1, 0.15) is 5.75 Å². The van der Waals surface area contributed by atoms with E-state index in [0.29, 0.717) is 33.8 Å². The third-order valence-corrected chi connectivity index (χ3v) is 7.76. The molecule has 1 saturated heterocycles. The molecule has 3 aromatic carbocycles. The topological polar surface area (TPSA) is 43.8 Å². The lowest BCUT2D eigenvalue weighted by Crippen LogP contribution is -2.36. The maximum atomic E-state index is 13.0. The zero-order valence-electron chi connectivity index (χ0n) is 20.0. The zero-order valence-corrected chi connectivity index (χ0v) is 21.6. The molecule has 0 aromatic heterocycles. The van der Waals surface area contributed by atoms with Crippen LogP contribution in [-0.2, 0) is 0 Å². The summed E-state index contributed by atoms with van der Waals surface area (Å²) in [7, 11) is 1.86. The zero-order chi connectivity index (χ0) is 24.8. The number of hydrogen-bond donors (Lipinski definition) is 1. The number of likely N-dealkylation sites (tertiary alicyclic amines) is 1. The third kappa shape index (κ3) is 6.78. The van der Waals surface area contributed by atoms with E-state index in [2.05, 4.69) is 4.90 Å². The molecule has 4 nitrogen and oxygen atoms in total. The highest BCUT2D eigenvalue weighted by molar-refractivity contribution is 6.42. The lowest BCUT2D eigenvalue weighted by Gasteiger charge is -2.34. The number of phenols is 1. The first kappa shape index (κ1) is 25.6. The maximum absolute atomic E-state index is 13.0. The van der Waals surface area contributed by atoms with Gasteiger partial charge in [-0.25, -0.2) is 0 Å². The van der Waals surface area contributed by atoms with Crippen molar-refractivity contribution in [1.82, 2.24) is 9.80 Å². The van der Waals surface area contributed by atoms with E-state index in [9.17, 15) is 9.90 Å². The van der Waals surface area contributed by atoms with Gasteiger partial charge in [0.05, 0.1) is 10.0 Å². The number of aromatic hydroxyl groups is 1. The normalized spacial score (nSPS) is 15.6. The highest BCUT2D eigenvalue weighted by atomic mass is 35.5. The van der Waals surface area contributed by atoms with Gasteiger partial charge in [-0.2, -0.15) is 0 Å². The molecule has 1 N–H and O–H groups in total. The molecular weight excluding hydrogens is 479 g/mol. The van der Waals surface area contributed by atoms with Crippen molar-refractivity contribution >= 4 is 29.1 Å². The predicted octanol–water partition coefficient (Wildman–Crippen LogP) is 6.82. The molecule has 0 saturated carbocycles. The summed E-state index contributed by atoms with van der Waals surface area (Å²) in [6.45, 7) is 3.65. The summed E-state index contributed by atoms with van der Waals surface area (Å²) in [6.07, 6.45) is 3.14. The standard InChI is InChI=1S/C29H32Cl2N2O2/c1-32(29(35)23-5-3-2-4-6-23)20-25(24-9-12-27(30)28(31)19-24)15-18-33-16-13-22(14-17-33)21-7-10-26(34)11-8-21/h2-12,19,22,25,34H,13-18,20H2,1H3/t25-/m1/s1. The number of hydrogen-bond acceptors (Lipinski definition) is 3. The molecule has 0 aliphatic carbocycles. The van der Waals surface area contributed by atoms with E-state index >= 15 is 0 Å². The number of carbonyl (C=O) groups is 1. The molecule has 1 atom stereocenters. The minimum absolute atomic E-state index is 0.0189. The van der Waals surface area contributed by atoms with E-state index in [0.717, 1.165) is 44.5 Å². The Labute approximate surface area is 218 Å². The molecule has 4 rings (SSSR count). The van der Waals surface area contributed by atoms with Gasteiger partial charge in [0.15, 0.2) is 0 Å². The van der Waals surface area contributed by atoms with Crippen molar-refractivity contribution in [1.29, 1.82) is 0 Å². The molecule has 1 aliphatic rings. The van der Waals surface area contributed by atoms with Gasteiger partial charge in [-0.3, -0.25) is 4.79 Å². The van der Waals surface area contributed by atoms with Crippen LogP contribution in [0.2, 0.25) is 10.0 Å². The van der Waals surface area contributed by atoms with Crippen LogP contribution >= 0.6 is 23.2 Å². The van der Waals surface area contributed by atoms with E-state index in [-0.39, 0.29) is 11.8 Å². The predicted molar refractivity (Wildman–Crippen MR) is 144 cm³/mol. The van der Waals surface area contributed by atoms with Crippen LogP contribution in [0.15, 0.2) is 72.8 Å². The molecule has 0 radical (unpaired) electrons. The second-order valence-electron chi connectivity index (χ2n) is 9.42. The van der Waals surface area contributed by atoms with Crippen LogP contribution in [0, 0.1) is 0 Å². The SMILES string of the molecule is CN(C[C@@H](CCN1CCC(c2ccc(O)cc2)CC1)c1ccc(Cl)c(Cl)c1)C(=O)c1ccccc1. The van der Waals surface area contributed by atoms with Crippen LogP contribution in [0.5, 0.6) is 5.75 Å². The molecule has 1 amide bonds. The molecule has 184 valence electrons. The summed E-state index contributed by atoms with van der Waals surface area (Å²) in [5.74, 6) is 1.02. The number of piperidine rings is 1. The summed E-state index contributed by atoms with van der Waals surface area (Å²) in [5, 5.41) is 10.6. The van der Waals surface area contributed by atoms with Crippen molar-refractivity contribution in [3.63, 3.8) is 0 Å². The number of nitrogens with zero attached hydrogens (tertiary/aromatic N) is 2. The van der Waals surface area contributed by atoms with E-state index in [1.54, 1.807) is 17.0 Å². The average Bonchev–Trinajstić information content (AvgIpc) is 2.89. The Morgan fingerprint density at radius 3 is 2.34 bits per heavy atom. The largest absolute Gasteiger partial charge is 0.508 e. The molecule has 0 spiro atoms. The van der Waals surface area contributed by atoms with E-state index in [4.69, 9.17) is 23.2 Å². The summed E-state index contributed by atoms with van der Waals surface area (Å²) in [6, 6.07) is 22.8. The second kappa shape index (κ2) is 11.9. The van der Waals surface area contributed by atoms with Crippen LogP contribution in [0.3, 0.4) is 0 Å². The van der Waals surface area contributed by atoms with Crippen LogP contribution in [0.25, 0.3) is 0 Å². The average molecular weight is 511 g/mol. The Morgan fingerprint density at radius 1 is 1.00 bits per heavy atom. The van der Waals surface area contributed by atoms with E-state index in [1.807, 2.05) is 67.7 Å². The number of phenolic OH excluding ortho intramolecular Hbond substituents is 1. The highest BCUT2D eigenvalue weighted by Gasteiger charge is 2.24. The van der Waals surface area contributed by atoms with Gasteiger partial charge >= 0.3 is 0 Å². The molecule has 1 heterocycles. The second-order valence-corrected chi connectivity index (χ2v) is 10.2. The van der Waals surface area contributed by atoms with Gasteiger partial charge in [0.25, 0.3) is 5.91 Å². The van der Waals surface area contributed by atoms with Gasteiger partial charge in [-0.15, -0.1) is 0 Å². The Hall–Kier alpha value is -2.53. The monoisotopic (exact) mass is 510 g/mol. The smallest absolute Gasteiger partial charge is 0.253 e. The van der Waals surface area contributed by atoms with Crippen molar-refractivity contribution in [2.45, 2.75) is 31.1 Å². The van der Waals surface area contributed by atoms with Gasteiger partial charge in [0, 0.05) is 25.1 Å². The quantitative estimate of drug-likeness (QED) is 0.361. The molecular formula is C29H32Cl2N2O2. The van der Waals surface area contributed by atoms with Crippen LogP contribution in [-0.4, -0.2) is 54.0 Å². The number of rotatable bonds is 8. The summed E-state index contributed by atoms with van der Waals surface area (Å²) >= 11 is 12.5. The lowest BCUT2D eigenvalue weighted by molar-refractivity contribution is 0.0781. The Balaban J connectivity index is 1.39. The van der Waals surface area contributed by atoms with Crippen molar-refractivity contribution in [2.75, 3.05) is 33.2 Å². The minimum Gasteiger partial charge on any atom is -0.508 e. The molecule has 0 unspecified atom stereocenters. The molecule has 3 aromatic rings. The molecule has 35 heavy (non-hydrogen) atoms. The lowest BCUT2D eigenvalue weighted by atomic mass is 9.89. The Kier molecular flexibility index (Phi) is 8.72. The fraction of sp³-hybridized carbons (Fsp3) is 0.345. The fourth-order valence-corrected chi connectivity index (χ4v) is 5.23. The van der Waals surface area contributed by atoms with Crippen LogP contribution in [0.4, 0.5) is 0 Å². The van der Waals surface area contributed by atoms with Gasteiger partial charge in [0.2, 0.25) is 0 Å². The highest BCUT2D eigenvalue weighted by Crippen LogP contribution is 2.32. The summed E-state index contributed by atoms with van der Waals surface area (Å²) < 4.78 is 0. The first-order valence-corrected chi connectivity index (χ1v) is 12.9. The van der Waals surface area contributed by atoms with Gasteiger partial charge in [-0.1, -0.05) is 59.6 Å². The van der Waals surface area contributed by atoms with Crippen molar-refractivity contribution in [2.24, 2.45) is 0 Å². The number of benzene rings is 3. The van der Waals surface area contributed by atoms with E-state index in [1.165, 1.54) is 5.56 Å². The molecule has 0 bridgehead atoms. The number of halogens is 2. The Bertz CT molecular complexity index is 1110. The molecule has 1 aliphatic heterocycles. The Morgan fingerprint density at radius 2 is 1.69 bits per heavy atom. The first-order chi connectivity index (χ1) is 16.9. The molecule has 1 fully saturated rings. The minimum atomic E-state index is 0.0189. The van der Waals surface area contributed by atoms with Crippen LogP contribution in [0.1, 0.15) is 52.6 Å². The first-order valence-electron chi connectivity index (χ1n) is 12.2. The van der Waals surface area contributed by atoms with E-state index < -0.39 is 0 Å². The summed E-state index contributed by atoms with van der Waals surface area (Å²) in [5.41, 5.74) is 3.10. The number of amides is 1. The van der Waals surface area contributed by atoms with Crippen molar-refractivity contribution < 1.29 is 9.90 Å². The fourth-order valence-electron chi connectivity index (χ4n) is 4.92. The van der Waals surface area contributed by atoms with Crippen LogP contribution < -0.4 is 0 Å². The maximum Gasteiger partial charge on any atom is 0.253 e. The van der Waals surface area contributed by atoms with Crippen molar-refractivity contribution in [3.8, 4) is 5.75 Å². The third-order valence-electron chi connectivity index (χ3n) is 7.02. The van der Waals surface area contributed by atoms with Crippen molar-refractivity contribution in [3.05, 3.63) is 99.5 Å².